The Morgan fingerprint density at radius 1 is 1.11 bits per heavy atom. The first-order chi connectivity index (χ1) is 13.7. The number of esters is 1. The number of carbonyl (C=O) groups excluding carboxylic acids is 1. The van der Waals surface area contributed by atoms with E-state index in [1.807, 2.05) is 24.4 Å². The Hall–Kier alpha value is -3.45. The molecule has 28 heavy (non-hydrogen) atoms. The molecule has 2 aromatic heterocycles. The maximum atomic E-state index is 12.2. The topological polar surface area (TPSA) is 83.0 Å². The Kier molecular flexibility index (Phi) is 5.16. The summed E-state index contributed by atoms with van der Waals surface area (Å²) in [5.41, 5.74) is 2.24. The fourth-order valence-electron chi connectivity index (χ4n) is 2.57. The van der Waals surface area contributed by atoms with Crippen molar-refractivity contribution in [3.05, 3.63) is 89.0 Å². The van der Waals surface area contributed by atoms with Crippen LogP contribution in [0.15, 0.2) is 71.5 Å². The molecular weight excluding hydrogens is 380 g/mol. The van der Waals surface area contributed by atoms with Crippen molar-refractivity contribution in [3.63, 3.8) is 0 Å². The molecule has 4 rings (SSSR count). The average molecular weight is 395 g/mol. The third-order valence-electron chi connectivity index (χ3n) is 3.99. The SMILES string of the molecule is O=C(OCc1nc(-c2ccc(Cl)cc2)no1)c1ccc(Cn2cccn2)cc1. The van der Waals surface area contributed by atoms with Gasteiger partial charge in [-0.1, -0.05) is 28.9 Å². The first-order valence-corrected chi connectivity index (χ1v) is 8.87. The molecule has 8 heteroatoms. The maximum absolute atomic E-state index is 12.2. The lowest BCUT2D eigenvalue weighted by molar-refractivity contribution is 0.0430. The number of ether oxygens (including phenoxy) is 1. The molecule has 2 heterocycles. The van der Waals surface area contributed by atoms with Gasteiger partial charge in [-0.2, -0.15) is 10.1 Å². The quantitative estimate of drug-likeness (QED) is 0.460. The van der Waals surface area contributed by atoms with E-state index in [0.717, 1.165) is 11.1 Å². The van der Waals surface area contributed by atoms with Crippen LogP contribution >= 0.6 is 11.6 Å². The largest absolute Gasteiger partial charge is 0.452 e. The zero-order valence-electron chi connectivity index (χ0n) is 14.7. The van der Waals surface area contributed by atoms with Gasteiger partial charge in [-0.25, -0.2) is 4.79 Å². The Bertz CT molecular complexity index is 1060. The fraction of sp³-hybridized carbons (Fsp3) is 0.100. The first-order valence-electron chi connectivity index (χ1n) is 8.49. The van der Waals surface area contributed by atoms with E-state index in [2.05, 4.69) is 15.2 Å². The van der Waals surface area contributed by atoms with Gasteiger partial charge in [0.05, 0.1) is 12.1 Å². The molecule has 0 spiro atoms. The van der Waals surface area contributed by atoms with Crippen LogP contribution in [0.1, 0.15) is 21.8 Å². The van der Waals surface area contributed by atoms with Gasteiger partial charge in [0.1, 0.15) is 0 Å². The summed E-state index contributed by atoms with van der Waals surface area (Å²) in [7, 11) is 0. The molecule has 2 aromatic carbocycles. The van der Waals surface area contributed by atoms with Gasteiger partial charge in [-0.3, -0.25) is 4.68 Å². The fourth-order valence-corrected chi connectivity index (χ4v) is 2.69. The van der Waals surface area contributed by atoms with Gasteiger partial charge in [-0.05, 0) is 48.0 Å². The number of rotatable bonds is 6. The molecule has 0 saturated carbocycles. The molecule has 0 bridgehead atoms. The monoisotopic (exact) mass is 394 g/mol. The molecule has 7 nitrogen and oxygen atoms in total. The van der Waals surface area contributed by atoms with E-state index in [4.69, 9.17) is 20.9 Å². The summed E-state index contributed by atoms with van der Waals surface area (Å²) < 4.78 is 12.2. The molecule has 0 N–H and O–H groups in total. The summed E-state index contributed by atoms with van der Waals surface area (Å²) >= 11 is 5.87. The van der Waals surface area contributed by atoms with Gasteiger partial charge in [-0.15, -0.1) is 0 Å². The number of hydrogen-bond donors (Lipinski definition) is 0. The van der Waals surface area contributed by atoms with Crippen molar-refractivity contribution < 1.29 is 14.1 Å². The second kappa shape index (κ2) is 8.06. The van der Waals surface area contributed by atoms with E-state index in [0.29, 0.717) is 23.0 Å². The van der Waals surface area contributed by atoms with E-state index in [1.165, 1.54) is 0 Å². The van der Waals surface area contributed by atoms with Crippen molar-refractivity contribution >= 4 is 17.6 Å². The number of benzene rings is 2. The highest BCUT2D eigenvalue weighted by Crippen LogP contribution is 2.19. The molecule has 0 saturated heterocycles. The summed E-state index contributed by atoms with van der Waals surface area (Å²) in [6.45, 7) is 0.534. The molecule has 0 atom stereocenters. The second-order valence-corrected chi connectivity index (χ2v) is 6.43. The van der Waals surface area contributed by atoms with Crippen molar-refractivity contribution in [3.8, 4) is 11.4 Å². The minimum Gasteiger partial charge on any atom is -0.452 e. The van der Waals surface area contributed by atoms with Gasteiger partial charge in [0.15, 0.2) is 6.61 Å². The van der Waals surface area contributed by atoms with Crippen molar-refractivity contribution in [1.29, 1.82) is 0 Å². The highest BCUT2D eigenvalue weighted by molar-refractivity contribution is 6.30. The third kappa shape index (κ3) is 4.27. The first kappa shape index (κ1) is 17.9. The van der Waals surface area contributed by atoms with Crippen molar-refractivity contribution in [2.45, 2.75) is 13.2 Å². The standard InChI is InChI=1S/C20H15ClN4O3/c21-17-8-6-15(7-9-17)19-23-18(28-24-19)13-27-20(26)16-4-2-14(3-5-16)12-25-11-1-10-22-25/h1-11H,12-13H2. The van der Waals surface area contributed by atoms with E-state index >= 15 is 0 Å². The van der Waals surface area contributed by atoms with Crippen LogP contribution in [0.25, 0.3) is 11.4 Å². The van der Waals surface area contributed by atoms with Crippen molar-refractivity contribution in [1.82, 2.24) is 19.9 Å². The van der Waals surface area contributed by atoms with Crippen molar-refractivity contribution in [2.75, 3.05) is 0 Å². The Labute approximate surface area is 165 Å². The lowest BCUT2D eigenvalue weighted by atomic mass is 10.1. The minimum atomic E-state index is -0.461. The van der Waals surface area contributed by atoms with Crippen LogP contribution < -0.4 is 0 Å². The van der Waals surface area contributed by atoms with E-state index in [1.54, 1.807) is 47.3 Å². The van der Waals surface area contributed by atoms with Gasteiger partial charge in [0, 0.05) is 23.0 Å². The zero-order chi connectivity index (χ0) is 19.3. The lowest BCUT2D eigenvalue weighted by Gasteiger charge is -2.04. The number of halogens is 1. The number of carbonyl (C=O) groups is 1. The Balaban J connectivity index is 1.34. The molecular formula is C20H15ClN4O3. The van der Waals surface area contributed by atoms with Crippen LogP contribution in [0.3, 0.4) is 0 Å². The smallest absolute Gasteiger partial charge is 0.338 e. The van der Waals surface area contributed by atoms with E-state index in [9.17, 15) is 4.79 Å². The summed E-state index contributed by atoms with van der Waals surface area (Å²) in [4.78, 5) is 16.4. The van der Waals surface area contributed by atoms with Crippen LogP contribution in [0.2, 0.25) is 5.02 Å². The molecule has 0 aliphatic heterocycles. The van der Waals surface area contributed by atoms with Crippen LogP contribution in [0, 0.1) is 0 Å². The second-order valence-electron chi connectivity index (χ2n) is 6.00. The van der Waals surface area contributed by atoms with Gasteiger partial charge < -0.3 is 9.26 Å². The summed E-state index contributed by atoms with van der Waals surface area (Å²) in [5, 5.41) is 8.66. The molecule has 0 aliphatic rings. The van der Waals surface area contributed by atoms with Crippen LogP contribution in [0.4, 0.5) is 0 Å². The molecule has 4 aromatic rings. The molecule has 0 amide bonds. The summed E-state index contributed by atoms with van der Waals surface area (Å²) in [5.74, 6) is 0.163. The number of hydrogen-bond acceptors (Lipinski definition) is 6. The highest BCUT2D eigenvalue weighted by Gasteiger charge is 2.12. The lowest BCUT2D eigenvalue weighted by Crippen LogP contribution is -2.06. The highest BCUT2D eigenvalue weighted by atomic mass is 35.5. The number of aromatic nitrogens is 4. The normalized spacial score (nSPS) is 10.8. The number of nitrogens with zero attached hydrogens (tertiary/aromatic N) is 4. The van der Waals surface area contributed by atoms with E-state index < -0.39 is 5.97 Å². The predicted molar refractivity (Wildman–Crippen MR) is 102 cm³/mol. The summed E-state index contributed by atoms with van der Waals surface area (Å²) in [6, 6.07) is 16.1. The van der Waals surface area contributed by atoms with E-state index in [-0.39, 0.29) is 12.5 Å². The van der Waals surface area contributed by atoms with Crippen LogP contribution in [-0.2, 0) is 17.9 Å². The van der Waals surface area contributed by atoms with Gasteiger partial charge in [0.25, 0.3) is 5.89 Å². The van der Waals surface area contributed by atoms with Crippen LogP contribution in [0.5, 0.6) is 0 Å². The predicted octanol–water partition coefficient (Wildman–Crippen LogP) is 3.99. The summed E-state index contributed by atoms with van der Waals surface area (Å²) in [6.07, 6.45) is 3.60. The molecule has 0 aliphatic carbocycles. The zero-order valence-corrected chi connectivity index (χ0v) is 15.4. The van der Waals surface area contributed by atoms with Gasteiger partial charge in [0.2, 0.25) is 5.82 Å². The molecule has 0 fully saturated rings. The maximum Gasteiger partial charge on any atom is 0.338 e. The van der Waals surface area contributed by atoms with Gasteiger partial charge >= 0.3 is 5.97 Å². The minimum absolute atomic E-state index is 0.103. The Morgan fingerprint density at radius 3 is 2.61 bits per heavy atom. The third-order valence-corrected chi connectivity index (χ3v) is 4.24. The van der Waals surface area contributed by atoms with Crippen LogP contribution in [-0.4, -0.2) is 25.9 Å². The molecule has 140 valence electrons. The average Bonchev–Trinajstić information content (AvgIpc) is 3.39. The van der Waals surface area contributed by atoms with Crippen molar-refractivity contribution in [2.24, 2.45) is 0 Å². The molecule has 0 radical (unpaired) electrons. The Morgan fingerprint density at radius 2 is 1.89 bits per heavy atom. The molecule has 0 unspecified atom stereocenters.